The van der Waals surface area contributed by atoms with Crippen molar-refractivity contribution in [2.45, 2.75) is 26.3 Å². The van der Waals surface area contributed by atoms with Gasteiger partial charge in [0.1, 0.15) is 0 Å². The Labute approximate surface area is 153 Å². The van der Waals surface area contributed by atoms with Crippen LogP contribution in [0.1, 0.15) is 23.2 Å². The zero-order valence-corrected chi connectivity index (χ0v) is 16.2. The Morgan fingerprint density at radius 2 is 2.00 bits per heavy atom. The van der Waals surface area contributed by atoms with Crippen LogP contribution in [0, 0.1) is 0 Å². The number of aliphatic imine (C=N–C) groups is 1. The van der Waals surface area contributed by atoms with Crippen molar-refractivity contribution in [2.24, 2.45) is 4.99 Å². The van der Waals surface area contributed by atoms with E-state index >= 15 is 0 Å². The van der Waals surface area contributed by atoms with Gasteiger partial charge in [0.05, 0.1) is 10.7 Å². The minimum Gasteiger partial charge on any atom is -0.356 e. The van der Waals surface area contributed by atoms with Crippen molar-refractivity contribution in [3.05, 3.63) is 52.0 Å². The molecule has 0 aliphatic heterocycles. The van der Waals surface area contributed by atoms with E-state index < -0.39 is 0 Å². The number of aryl methyl sites for hydroxylation is 1. The third-order valence-corrected chi connectivity index (χ3v) is 4.14. The number of thiazole rings is 1. The number of benzene rings is 1. The van der Waals surface area contributed by atoms with E-state index in [9.17, 15) is 0 Å². The van der Waals surface area contributed by atoms with E-state index in [-0.39, 0.29) is 24.0 Å². The molecule has 0 amide bonds. The summed E-state index contributed by atoms with van der Waals surface area (Å²) < 4.78 is 0. The van der Waals surface area contributed by atoms with E-state index in [2.05, 4.69) is 45.0 Å². The van der Waals surface area contributed by atoms with Gasteiger partial charge in [0.15, 0.2) is 5.96 Å². The second-order valence-electron chi connectivity index (χ2n) is 4.67. The molecule has 0 aliphatic carbocycles. The van der Waals surface area contributed by atoms with Crippen LogP contribution in [0.25, 0.3) is 0 Å². The maximum absolute atomic E-state index is 4.56. The van der Waals surface area contributed by atoms with E-state index in [0.717, 1.165) is 37.6 Å². The minimum absolute atomic E-state index is 0. The highest BCUT2D eigenvalue weighted by Gasteiger charge is 2.01. The largest absolute Gasteiger partial charge is 0.356 e. The lowest BCUT2D eigenvalue weighted by Gasteiger charge is -2.11. The predicted molar refractivity (Wildman–Crippen MR) is 105 cm³/mol. The fourth-order valence-electron chi connectivity index (χ4n) is 1.94. The molecule has 4 nitrogen and oxygen atoms in total. The van der Waals surface area contributed by atoms with Gasteiger partial charge in [-0.2, -0.15) is 0 Å². The number of rotatable bonds is 6. The van der Waals surface area contributed by atoms with Gasteiger partial charge in [0.25, 0.3) is 0 Å². The van der Waals surface area contributed by atoms with Crippen molar-refractivity contribution in [3.63, 3.8) is 0 Å². The first kappa shape index (κ1) is 18.9. The van der Waals surface area contributed by atoms with Crippen molar-refractivity contribution in [1.82, 2.24) is 15.6 Å². The van der Waals surface area contributed by atoms with Crippen LogP contribution in [0.4, 0.5) is 0 Å². The van der Waals surface area contributed by atoms with Gasteiger partial charge < -0.3 is 10.6 Å². The molecule has 0 aliphatic rings. The molecular formula is C16H23IN4S. The van der Waals surface area contributed by atoms with Crippen LogP contribution in [0.2, 0.25) is 0 Å². The second kappa shape index (κ2) is 10.6. The summed E-state index contributed by atoms with van der Waals surface area (Å²) >= 11 is 1.74. The molecule has 6 heteroatoms. The molecule has 0 saturated carbocycles. The first-order valence-corrected chi connectivity index (χ1v) is 8.11. The van der Waals surface area contributed by atoms with Crippen LogP contribution in [0.15, 0.2) is 40.7 Å². The standard InChI is InChI=1S/C16H22N4S.HI/c1-3-15-20-14(12-21-15)9-10-18-16(17-2)19-11-13-7-5-4-6-8-13;/h4-8,12H,3,9-11H2,1-2H3,(H2,17,18,19);1H. The molecule has 2 N–H and O–H groups in total. The lowest BCUT2D eigenvalue weighted by molar-refractivity contribution is 0.785. The van der Waals surface area contributed by atoms with Crippen molar-refractivity contribution in [3.8, 4) is 0 Å². The maximum Gasteiger partial charge on any atom is 0.191 e. The van der Waals surface area contributed by atoms with E-state index in [1.165, 1.54) is 10.6 Å². The average Bonchev–Trinajstić information content (AvgIpc) is 2.99. The van der Waals surface area contributed by atoms with Crippen LogP contribution < -0.4 is 10.6 Å². The van der Waals surface area contributed by atoms with Crippen molar-refractivity contribution >= 4 is 41.3 Å². The summed E-state index contributed by atoms with van der Waals surface area (Å²) in [5.74, 6) is 0.824. The van der Waals surface area contributed by atoms with Gasteiger partial charge in [0, 0.05) is 31.9 Å². The quantitative estimate of drug-likeness (QED) is 0.421. The van der Waals surface area contributed by atoms with Gasteiger partial charge in [0.2, 0.25) is 0 Å². The Balaban J connectivity index is 0.00000242. The first-order chi connectivity index (χ1) is 10.3. The first-order valence-electron chi connectivity index (χ1n) is 7.23. The third kappa shape index (κ3) is 6.31. The minimum atomic E-state index is 0. The summed E-state index contributed by atoms with van der Waals surface area (Å²) in [6.45, 7) is 3.74. The molecule has 0 radical (unpaired) electrons. The van der Waals surface area contributed by atoms with E-state index in [1.54, 1.807) is 18.4 Å². The summed E-state index contributed by atoms with van der Waals surface area (Å²) in [7, 11) is 1.79. The fraction of sp³-hybridized carbons (Fsp3) is 0.375. The Morgan fingerprint density at radius 1 is 1.23 bits per heavy atom. The third-order valence-electron chi connectivity index (χ3n) is 3.10. The molecule has 0 atom stereocenters. The molecule has 2 aromatic rings. The number of halogens is 1. The van der Waals surface area contributed by atoms with Crippen LogP contribution >= 0.6 is 35.3 Å². The summed E-state index contributed by atoms with van der Waals surface area (Å²) in [5.41, 5.74) is 2.40. The van der Waals surface area contributed by atoms with Crippen LogP contribution in [0.5, 0.6) is 0 Å². The molecule has 0 fully saturated rings. The number of nitrogens with one attached hydrogen (secondary N) is 2. The molecule has 1 aromatic heterocycles. The smallest absolute Gasteiger partial charge is 0.191 e. The SMILES string of the molecule is CCc1nc(CCNC(=NC)NCc2ccccc2)cs1.I. The fourth-order valence-corrected chi connectivity index (χ4v) is 2.72. The van der Waals surface area contributed by atoms with Gasteiger partial charge in [-0.05, 0) is 12.0 Å². The highest BCUT2D eigenvalue weighted by atomic mass is 127. The number of nitrogens with zero attached hydrogens (tertiary/aromatic N) is 2. The lowest BCUT2D eigenvalue weighted by Crippen LogP contribution is -2.37. The Kier molecular flexibility index (Phi) is 9.07. The molecule has 1 heterocycles. The summed E-state index contributed by atoms with van der Waals surface area (Å²) in [6, 6.07) is 10.3. The monoisotopic (exact) mass is 430 g/mol. The van der Waals surface area contributed by atoms with E-state index in [0.29, 0.717) is 0 Å². The van der Waals surface area contributed by atoms with Crippen LogP contribution in [-0.4, -0.2) is 24.5 Å². The Hall–Kier alpha value is -1.15. The predicted octanol–water partition coefficient (Wildman–Crippen LogP) is 3.23. The lowest BCUT2D eigenvalue weighted by atomic mass is 10.2. The molecule has 0 saturated heterocycles. The van der Waals surface area contributed by atoms with Crippen LogP contribution in [0.3, 0.4) is 0 Å². The number of hydrogen-bond acceptors (Lipinski definition) is 3. The van der Waals surface area contributed by atoms with Gasteiger partial charge in [-0.3, -0.25) is 4.99 Å². The topological polar surface area (TPSA) is 49.3 Å². The zero-order valence-electron chi connectivity index (χ0n) is 13.0. The summed E-state index contributed by atoms with van der Waals surface area (Å²) in [4.78, 5) is 8.80. The Bertz CT molecular complexity index is 569. The number of aromatic nitrogens is 1. The molecule has 1 aromatic carbocycles. The van der Waals surface area contributed by atoms with Gasteiger partial charge in [-0.15, -0.1) is 35.3 Å². The number of hydrogen-bond donors (Lipinski definition) is 2. The molecule has 0 bridgehead atoms. The molecule has 0 spiro atoms. The molecule has 22 heavy (non-hydrogen) atoms. The highest BCUT2D eigenvalue weighted by molar-refractivity contribution is 14.0. The van der Waals surface area contributed by atoms with Gasteiger partial charge in [-0.1, -0.05) is 37.3 Å². The zero-order chi connectivity index (χ0) is 14.9. The number of guanidine groups is 1. The van der Waals surface area contributed by atoms with Crippen molar-refractivity contribution in [1.29, 1.82) is 0 Å². The van der Waals surface area contributed by atoms with E-state index in [1.807, 2.05) is 18.2 Å². The second-order valence-corrected chi connectivity index (χ2v) is 5.62. The average molecular weight is 430 g/mol. The van der Waals surface area contributed by atoms with Crippen molar-refractivity contribution < 1.29 is 0 Å². The van der Waals surface area contributed by atoms with Gasteiger partial charge in [-0.25, -0.2) is 4.98 Å². The van der Waals surface area contributed by atoms with Gasteiger partial charge >= 0.3 is 0 Å². The summed E-state index contributed by atoms with van der Waals surface area (Å²) in [5, 5.41) is 9.97. The van der Waals surface area contributed by atoms with Crippen molar-refractivity contribution in [2.75, 3.05) is 13.6 Å². The van der Waals surface area contributed by atoms with E-state index in [4.69, 9.17) is 0 Å². The molecule has 0 unspecified atom stereocenters. The Morgan fingerprint density at radius 3 is 2.64 bits per heavy atom. The maximum atomic E-state index is 4.56. The summed E-state index contributed by atoms with van der Waals surface area (Å²) in [6.07, 6.45) is 1.93. The normalized spacial score (nSPS) is 10.9. The molecular weight excluding hydrogens is 407 g/mol. The van der Waals surface area contributed by atoms with Crippen LogP contribution in [-0.2, 0) is 19.4 Å². The molecule has 120 valence electrons. The molecule has 2 rings (SSSR count). The highest BCUT2D eigenvalue weighted by Crippen LogP contribution is 2.10.